The zero-order chi connectivity index (χ0) is 14.9. The zero-order valence-electron chi connectivity index (χ0n) is 12.3. The van der Waals surface area contributed by atoms with Crippen LogP contribution in [0.15, 0.2) is 17.3 Å². The van der Waals surface area contributed by atoms with Gasteiger partial charge in [-0.2, -0.15) is 0 Å². The second kappa shape index (κ2) is 5.75. The number of aromatic nitrogens is 4. The van der Waals surface area contributed by atoms with Crippen molar-refractivity contribution in [3.05, 3.63) is 34.4 Å². The summed E-state index contributed by atoms with van der Waals surface area (Å²) in [7, 11) is 1.76. The number of carbonyl (C=O) groups is 1. The third-order valence-corrected chi connectivity index (χ3v) is 4.46. The van der Waals surface area contributed by atoms with Gasteiger partial charge in [0.25, 0.3) is 0 Å². The number of benzene rings is 1. The molecule has 1 atom stereocenters. The molecule has 106 valence electrons. The lowest BCUT2D eigenvalue weighted by Gasteiger charge is -2.13. The second-order valence-corrected chi connectivity index (χ2v) is 6.27. The van der Waals surface area contributed by atoms with E-state index in [-0.39, 0.29) is 11.0 Å². The van der Waals surface area contributed by atoms with Crippen LogP contribution in [-0.4, -0.2) is 31.2 Å². The van der Waals surface area contributed by atoms with Crippen molar-refractivity contribution in [1.82, 2.24) is 20.2 Å². The minimum absolute atomic E-state index is 0.110. The average molecular weight is 290 g/mol. The van der Waals surface area contributed by atoms with Crippen LogP contribution in [0.25, 0.3) is 0 Å². The van der Waals surface area contributed by atoms with Crippen molar-refractivity contribution in [3.63, 3.8) is 0 Å². The minimum Gasteiger partial charge on any atom is -0.293 e. The number of tetrazole rings is 1. The van der Waals surface area contributed by atoms with Gasteiger partial charge in [-0.25, -0.2) is 4.68 Å². The Hall–Kier alpha value is -1.69. The number of nitrogens with zero attached hydrogens (tertiary/aromatic N) is 4. The van der Waals surface area contributed by atoms with Crippen LogP contribution in [0.2, 0.25) is 0 Å². The van der Waals surface area contributed by atoms with Gasteiger partial charge in [0.15, 0.2) is 5.78 Å². The molecular weight excluding hydrogens is 272 g/mol. The number of rotatable bonds is 4. The van der Waals surface area contributed by atoms with E-state index < -0.39 is 0 Å². The van der Waals surface area contributed by atoms with Gasteiger partial charge in [-0.05, 0) is 60.9 Å². The number of thioether (sulfide) groups is 1. The molecule has 5 nitrogen and oxygen atoms in total. The maximum Gasteiger partial charge on any atom is 0.209 e. The van der Waals surface area contributed by atoms with E-state index in [0.29, 0.717) is 5.16 Å². The molecule has 2 rings (SSSR count). The topological polar surface area (TPSA) is 60.7 Å². The molecule has 0 radical (unpaired) electrons. The summed E-state index contributed by atoms with van der Waals surface area (Å²) in [5.74, 6) is 0.110. The van der Waals surface area contributed by atoms with E-state index in [9.17, 15) is 4.79 Å². The lowest BCUT2D eigenvalue weighted by molar-refractivity contribution is 0.0993. The van der Waals surface area contributed by atoms with Gasteiger partial charge < -0.3 is 0 Å². The maximum atomic E-state index is 12.6. The molecule has 1 aromatic heterocycles. The molecule has 1 heterocycles. The number of aryl methyl sites for hydroxylation is 4. The highest BCUT2D eigenvalue weighted by Crippen LogP contribution is 2.25. The summed E-state index contributed by atoms with van der Waals surface area (Å²) >= 11 is 1.38. The van der Waals surface area contributed by atoms with Gasteiger partial charge in [-0.3, -0.25) is 4.79 Å². The molecule has 0 saturated heterocycles. The predicted octanol–water partition coefficient (Wildman–Crippen LogP) is 2.50. The number of carbonyl (C=O) groups excluding carboxylic acids is 1. The van der Waals surface area contributed by atoms with Crippen LogP contribution in [0, 0.1) is 20.8 Å². The third-order valence-electron chi connectivity index (χ3n) is 3.34. The van der Waals surface area contributed by atoms with Crippen molar-refractivity contribution in [2.75, 3.05) is 0 Å². The summed E-state index contributed by atoms with van der Waals surface area (Å²) in [5.41, 5.74) is 4.14. The van der Waals surface area contributed by atoms with Crippen molar-refractivity contribution in [2.45, 2.75) is 38.1 Å². The first-order chi connectivity index (χ1) is 9.40. The predicted molar refractivity (Wildman–Crippen MR) is 79.1 cm³/mol. The highest BCUT2D eigenvalue weighted by atomic mass is 32.2. The van der Waals surface area contributed by atoms with Crippen LogP contribution in [0.3, 0.4) is 0 Å². The van der Waals surface area contributed by atoms with Gasteiger partial charge in [-0.1, -0.05) is 17.8 Å². The van der Waals surface area contributed by atoms with Crippen LogP contribution in [-0.2, 0) is 7.05 Å². The quantitative estimate of drug-likeness (QED) is 0.639. The van der Waals surface area contributed by atoms with Crippen LogP contribution in [0.5, 0.6) is 0 Å². The van der Waals surface area contributed by atoms with Gasteiger partial charge in [0.1, 0.15) is 0 Å². The van der Waals surface area contributed by atoms with E-state index >= 15 is 0 Å². The van der Waals surface area contributed by atoms with Gasteiger partial charge in [0, 0.05) is 12.6 Å². The van der Waals surface area contributed by atoms with Gasteiger partial charge in [0.2, 0.25) is 5.16 Å². The Morgan fingerprint density at radius 1 is 1.20 bits per heavy atom. The molecule has 1 unspecified atom stereocenters. The molecule has 1 aromatic carbocycles. The SMILES string of the molecule is Cc1cc(C)c(C(=O)C(C)Sc2nnnn2C)cc1C. The fraction of sp³-hybridized carbons (Fsp3) is 0.429. The second-order valence-electron chi connectivity index (χ2n) is 4.96. The van der Waals surface area contributed by atoms with Crippen molar-refractivity contribution in [1.29, 1.82) is 0 Å². The van der Waals surface area contributed by atoms with Crippen LogP contribution in [0.4, 0.5) is 0 Å². The Morgan fingerprint density at radius 3 is 2.45 bits per heavy atom. The zero-order valence-corrected chi connectivity index (χ0v) is 13.2. The highest BCUT2D eigenvalue weighted by molar-refractivity contribution is 8.00. The lowest BCUT2D eigenvalue weighted by Crippen LogP contribution is -2.16. The fourth-order valence-electron chi connectivity index (χ4n) is 1.98. The van der Waals surface area contributed by atoms with Crippen molar-refractivity contribution >= 4 is 17.5 Å². The van der Waals surface area contributed by atoms with E-state index in [2.05, 4.69) is 28.5 Å². The molecule has 0 saturated carbocycles. The third kappa shape index (κ3) is 2.90. The number of Topliss-reactive ketones (excluding diaryl/α,β-unsaturated/α-hetero) is 1. The Kier molecular flexibility index (Phi) is 4.23. The largest absolute Gasteiger partial charge is 0.293 e. The summed E-state index contributed by atoms with van der Waals surface area (Å²) in [4.78, 5) is 12.6. The van der Waals surface area contributed by atoms with E-state index in [1.165, 1.54) is 17.3 Å². The normalized spacial score (nSPS) is 12.4. The summed E-state index contributed by atoms with van der Waals surface area (Å²) in [6.45, 7) is 7.94. The minimum atomic E-state index is -0.222. The van der Waals surface area contributed by atoms with Crippen molar-refractivity contribution in [2.24, 2.45) is 7.05 Å². The van der Waals surface area contributed by atoms with Crippen LogP contribution in [0.1, 0.15) is 34.0 Å². The van der Waals surface area contributed by atoms with Crippen LogP contribution >= 0.6 is 11.8 Å². The molecule has 2 aromatic rings. The molecule has 0 bridgehead atoms. The standard InChI is InChI=1S/C14H18N4OS/c1-8-6-10(3)12(7-9(8)2)13(19)11(4)20-14-15-16-17-18(14)5/h6-7,11H,1-5H3. The molecule has 0 spiro atoms. The fourth-order valence-corrected chi connectivity index (χ4v) is 2.80. The Balaban J connectivity index is 2.23. The van der Waals surface area contributed by atoms with E-state index in [1.54, 1.807) is 11.7 Å². The Morgan fingerprint density at radius 2 is 1.85 bits per heavy atom. The Labute approximate surface area is 122 Å². The molecular formula is C14H18N4OS. The van der Waals surface area contributed by atoms with Gasteiger partial charge >= 0.3 is 0 Å². The summed E-state index contributed by atoms with van der Waals surface area (Å²) in [5, 5.41) is 11.7. The molecule has 0 fully saturated rings. The van der Waals surface area contributed by atoms with Crippen molar-refractivity contribution < 1.29 is 4.79 Å². The molecule has 0 N–H and O–H groups in total. The molecule has 0 aliphatic heterocycles. The Bertz CT molecular complexity index is 651. The molecule has 0 amide bonds. The first-order valence-corrected chi connectivity index (χ1v) is 7.29. The van der Waals surface area contributed by atoms with Crippen LogP contribution < -0.4 is 0 Å². The van der Waals surface area contributed by atoms with Gasteiger partial charge in [0.05, 0.1) is 5.25 Å². The summed E-state index contributed by atoms with van der Waals surface area (Å²) in [6.07, 6.45) is 0. The number of hydrogen-bond acceptors (Lipinski definition) is 5. The molecule has 6 heteroatoms. The average Bonchev–Trinajstić information content (AvgIpc) is 2.78. The number of ketones is 1. The highest BCUT2D eigenvalue weighted by Gasteiger charge is 2.21. The molecule has 0 aliphatic carbocycles. The molecule has 20 heavy (non-hydrogen) atoms. The summed E-state index contributed by atoms with van der Waals surface area (Å²) in [6, 6.07) is 4.03. The monoisotopic (exact) mass is 290 g/mol. The van der Waals surface area contributed by atoms with E-state index in [1.807, 2.05) is 26.8 Å². The van der Waals surface area contributed by atoms with Gasteiger partial charge in [-0.15, -0.1) is 5.10 Å². The number of hydrogen-bond donors (Lipinski definition) is 0. The first kappa shape index (κ1) is 14.7. The molecule has 0 aliphatic rings. The van der Waals surface area contributed by atoms with Crippen molar-refractivity contribution in [3.8, 4) is 0 Å². The summed E-state index contributed by atoms with van der Waals surface area (Å²) < 4.78 is 1.57. The maximum absolute atomic E-state index is 12.6. The van der Waals surface area contributed by atoms with E-state index in [4.69, 9.17) is 0 Å². The smallest absolute Gasteiger partial charge is 0.209 e. The van der Waals surface area contributed by atoms with E-state index in [0.717, 1.165) is 16.7 Å². The first-order valence-electron chi connectivity index (χ1n) is 6.41. The lowest BCUT2D eigenvalue weighted by atomic mass is 9.97.